The fourth-order valence-corrected chi connectivity index (χ4v) is 4.63. The highest BCUT2D eigenvalue weighted by Crippen LogP contribution is 2.32. The van der Waals surface area contributed by atoms with Gasteiger partial charge in [-0.2, -0.15) is 0 Å². The van der Waals surface area contributed by atoms with Gasteiger partial charge in [-0.3, -0.25) is 4.79 Å². The molecule has 24 heavy (non-hydrogen) atoms. The number of hydrogen-bond acceptors (Lipinski definition) is 4. The van der Waals surface area contributed by atoms with Gasteiger partial charge in [-0.05, 0) is 49.9 Å². The normalized spacial score (nSPS) is 25.6. The quantitative estimate of drug-likeness (QED) is 0.926. The van der Waals surface area contributed by atoms with Crippen LogP contribution in [0.5, 0.6) is 0 Å². The number of rotatable bonds is 4. The fourth-order valence-electron chi connectivity index (χ4n) is 3.77. The standard InChI is InChI=1S/C18H20FN3OS/c19-15-4-2-1-3-14(15)18-21-10-16(24-18)17(23)20-9-13-11-22-7-5-12(13)6-8-22/h1-4,10,12-13H,5-9,11H2,(H,20,23). The number of carbonyl (C=O) groups excluding carboxylic acids is 1. The van der Waals surface area contributed by atoms with E-state index in [1.165, 1.54) is 49.5 Å². The highest BCUT2D eigenvalue weighted by atomic mass is 32.1. The second-order valence-corrected chi connectivity index (χ2v) is 7.65. The van der Waals surface area contributed by atoms with Gasteiger partial charge in [0.05, 0.1) is 6.20 Å². The molecule has 3 saturated heterocycles. The summed E-state index contributed by atoms with van der Waals surface area (Å²) in [6, 6.07) is 6.51. The SMILES string of the molecule is O=C(NCC1CN2CCC1CC2)c1cnc(-c2ccccc2F)s1. The molecule has 3 aliphatic rings. The zero-order valence-electron chi connectivity index (χ0n) is 13.4. The van der Waals surface area contributed by atoms with Gasteiger partial charge in [0.2, 0.25) is 0 Å². The largest absolute Gasteiger partial charge is 0.351 e. The average molecular weight is 345 g/mol. The van der Waals surface area contributed by atoms with Crippen LogP contribution in [0, 0.1) is 17.7 Å². The van der Waals surface area contributed by atoms with Gasteiger partial charge in [0.25, 0.3) is 5.91 Å². The Labute approximate surface area is 144 Å². The summed E-state index contributed by atoms with van der Waals surface area (Å²) in [5.41, 5.74) is 0.443. The third-order valence-corrected chi connectivity index (χ3v) is 6.18. The van der Waals surface area contributed by atoms with E-state index in [4.69, 9.17) is 0 Å². The Morgan fingerprint density at radius 1 is 1.33 bits per heavy atom. The predicted molar refractivity (Wildman–Crippen MR) is 92.5 cm³/mol. The molecule has 4 nitrogen and oxygen atoms in total. The predicted octanol–water partition coefficient (Wildman–Crippen LogP) is 3.02. The van der Waals surface area contributed by atoms with E-state index in [-0.39, 0.29) is 11.7 Å². The van der Waals surface area contributed by atoms with Crippen molar-refractivity contribution in [2.75, 3.05) is 26.2 Å². The summed E-state index contributed by atoms with van der Waals surface area (Å²) in [6.07, 6.45) is 4.04. The lowest BCUT2D eigenvalue weighted by Gasteiger charge is -2.44. The number of thiazole rings is 1. The average Bonchev–Trinajstić information content (AvgIpc) is 3.11. The molecular formula is C18H20FN3OS. The van der Waals surface area contributed by atoms with E-state index in [0.29, 0.717) is 27.9 Å². The number of nitrogens with zero attached hydrogens (tertiary/aromatic N) is 2. The second kappa shape index (κ2) is 6.61. The number of piperidine rings is 3. The fraction of sp³-hybridized carbons (Fsp3) is 0.444. The number of hydrogen-bond donors (Lipinski definition) is 1. The van der Waals surface area contributed by atoms with Gasteiger partial charge in [0, 0.05) is 18.7 Å². The van der Waals surface area contributed by atoms with Gasteiger partial charge in [0.15, 0.2) is 0 Å². The second-order valence-electron chi connectivity index (χ2n) is 6.62. The molecule has 1 unspecified atom stereocenters. The van der Waals surface area contributed by atoms with E-state index < -0.39 is 0 Å². The topological polar surface area (TPSA) is 45.2 Å². The molecule has 0 aliphatic carbocycles. The first-order valence-electron chi connectivity index (χ1n) is 8.42. The first kappa shape index (κ1) is 15.7. The molecule has 1 N–H and O–H groups in total. The van der Waals surface area contributed by atoms with Crippen LogP contribution < -0.4 is 5.32 Å². The van der Waals surface area contributed by atoms with Crippen molar-refractivity contribution in [3.8, 4) is 10.6 Å². The molecule has 3 fully saturated rings. The van der Waals surface area contributed by atoms with Crippen molar-refractivity contribution in [2.24, 2.45) is 11.8 Å². The van der Waals surface area contributed by atoms with E-state index in [0.717, 1.165) is 12.5 Å². The Morgan fingerprint density at radius 2 is 2.12 bits per heavy atom. The van der Waals surface area contributed by atoms with Crippen LogP contribution in [0.25, 0.3) is 10.6 Å². The molecule has 3 aliphatic heterocycles. The van der Waals surface area contributed by atoms with E-state index in [1.807, 2.05) is 0 Å². The summed E-state index contributed by atoms with van der Waals surface area (Å²) in [5, 5.41) is 3.59. The van der Waals surface area contributed by atoms with E-state index in [1.54, 1.807) is 18.2 Å². The molecule has 0 spiro atoms. The number of halogens is 1. The smallest absolute Gasteiger partial charge is 0.263 e. The van der Waals surface area contributed by atoms with Crippen LogP contribution in [0.3, 0.4) is 0 Å². The summed E-state index contributed by atoms with van der Waals surface area (Å²) in [5.74, 6) is 0.874. The molecule has 1 amide bonds. The van der Waals surface area contributed by atoms with E-state index in [2.05, 4.69) is 15.2 Å². The molecule has 0 radical (unpaired) electrons. The number of carbonyl (C=O) groups is 1. The van der Waals surface area contributed by atoms with E-state index >= 15 is 0 Å². The van der Waals surface area contributed by atoms with Crippen molar-refractivity contribution in [1.82, 2.24) is 15.2 Å². The lowest BCUT2D eigenvalue weighted by atomic mass is 9.79. The third-order valence-electron chi connectivity index (χ3n) is 5.15. The number of fused-ring (bicyclic) bond motifs is 3. The van der Waals surface area contributed by atoms with Crippen molar-refractivity contribution < 1.29 is 9.18 Å². The highest BCUT2D eigenvalue weighted by Gasteiger charge is 2.34. The Balaban J connectivity index is 1.40. The lowest BCUT2D eigenvalue weighted by Crippen LogP contribution is -2.50. The number of benzene rings is 1. The lowest BCUT2D eigenvalue weighted by molar-refractivity contribution is 0.0497. The number of nitrogens with one attached hydrogen (secondary N) is 1. The Hall–Kier alpha value is -1.79. The van der Waals surface area contributed by atoms with Crippen molar-refractivity contribution >= 4 is 17.2 Å². The third kappa shape index (κ3) is 3.08. The molecule has 2 aromatic rings. The first-order valence-corrected chi connectivity index (χ1v) is 9.23. The van der Waals surface area contributed by atoms with Gasteiger partial charge in [-0.25, -0.2) is 9.37 Å². The molecule has 6 heteroatoms. The van der Waals surface area contributed by atoms with Gasteiger partial charge in [-0.15, -0.1) is 11.3 Å². The van der Waals surface area contributed by atoms with Gasteiger partial charge < -0.3 is 10.2 Å². The zero-order valence-corrected chi connectivity index (χ0v) is 14.2. The van der Waals surface area contributed by atoms with Crippen LogP contribution in [0.1, 0.15) is 22.5 Å². The van der Waals surface area contributed by atoms with Crippen LogP contribution in [-0.4, -0.2) is 42.0 Å². The maximum Gasteiger partial charge on any atom is 0.263 e. The zero-order chi connectivity index (χ0) is 16.5. The van der Waals surface area contributed by atoms with Crippen molar-refractivity contribution in [3.05, 3.63) is 41.2 Å². The molecule has 1 aromatic carbocycles. The molecule has 5 rings (SSSR count). The molecule has 0 saturated carbocycles. The van der Waals surface area contributed by atoms with Crippen molar-refractivity contribution in [3.63, 3.8) is 0 Å². The van der Waals surface area contributed by atoms with E-state index in [9.17, 15) is 9.18 Å². The Kier molecular flexibility index (Phi) is 4.33. The molecule has 1 atom stereocenters. The summed E-state index contributed by atoms with van der Waals surface area (Å²) >= 11 is 1.24. The molecular weight excluding hydrogens is 325 g/mol. The molecule has 1 aromatic heterocycles. The van der Waals surface area contributed by atoms with Gasteiger partial charge >= 0.3 is 0 Å². The number of aromatic nitrogens is 1. The minimum absolute atomic E-state index is 0.105. The van der Waals surface area contributed by atoms with Crippen LogP contribution in [0.15, 0.2) is 30.5 Å². The molecule has 2 bridgehead atoms. The minimum atomic E-state index is -0.314. The monoisotopic (exact) mass is 345 g/mol. The van der Waals surface area contributed by atoms with Crippen LogP contribution in [0.4, 0.5) is 4.39 Å². The Morgan fingerprint density at radius 3 is 2.83 bits per heavy atom. The Bertz CT molecular complexity index is 739. The highest BCUT2D eigenvalue weighted by molar-refractivity contribution is 7.16. The van der Waals surface area contributed by atoms with Crippen molar-refractivity contribution in [1.29, 1.82) is 0 Å². The van der Waals surface area contributed by atoms with Gasteiger partial charge in [-0.1, -0.05) is 12.1 Å². The van der Waals surface area contributed by atoms with Gasteiger partial charge in [0.1, 0.15) is 15.7 Å². The summed E-state index contributed by atoms with van der Waals surface area (Å²) in [4.78, 5) is 19.6. The van der Waals surface area contributed by atoms with Crippen LogP contribution >= 0.6 is 11.3 Å². The summed E-state index contributed by atoms with van der Waals surface area (Å²) < 4.78 is 13.8. The maximum absolute atomic E-state index is 13.8. The maximum atomic E-state index is 13.8. The van der Waals surface area contributed by atoms with Crippen LogP contribution in [0.2, 0.25) is 0 Å². The summed E-state index contributed by atoms with van der Waals surface area (Å²) in [7, 11) is 0. The first-order chi connectivity index (χ1) is 11.7. The summed E-state index contributed by atoms with van der Waals surface area (Å²) in [6.45, 7) is 4.22. The van der Waals surface area contributed by atoms with Crippen LogP contribution in [-0.2, 0) is 0 Å². The minimum Gasteiger partial charge on any atom is -0.351 e. The molecule has 4 heterocycles. The van der Waals surface area contributed by atoms with Crippen molar-refractivity contribution in [2.45, 2.75) is 12.8 Å². The number of amides is 1. The molecule has 126 valence electrons.